The number of halogens is 3. The van der Waals surface area contributed by atoms with Crippen LogP contribution in [0.2, 0.25) is 5.02 Å². The van der Waals surface area contributed by atoms with E-state index in [2.05, 4.69) is 71.8 Å². The molecule has 0 fully saturated rings. The Morgan fingerprint density at radius 2 is 1.93 bits per heavy atom. The second-order valence-corrected chi connectivity index (χ2v) is 12.3. The summed E-state index contributed by atoms with van der Waals surface area (Å²) in [6.45, 7) is 7.35. The maximum absolute atomic E-state index is 12.4. The van der Waals surface area contributed by atoms with E-state index in [1.54, 1.807) is 26.0 Å². The predicted molar refractivity (Wildman–Crippen MR) is 188 cm³/mol. The third-order valence-electron chi connectivity index (χ3n) is 5.33. The van der Waals surface area contributed by atoms with E-state index in [1.165, 1.54) is 30.4 Å². The average molecular weight is 732 g/mol. The lowest BCUT2D eigenvalue weighted by molar-refractivity contribution is -0.117. The van der Waals surface area contributed by atoms with Gasteiger partial charge in [-0.1, -0.05) is 60.8 Å². The molecule has 0 radical (unpaired) electrons. The van der Waals surface area contributed by atoms with Crippen LogP contribution in [0.5, 0.6) is 0 Å². The Labute approximate surface area is 281 Å². The van der Waals surface area contributed by atoms with Crippen LogP contribution in [0.4, 0.5) is 22.5 Å². The van der Waals surface area contributed by atoms with Crippen molar-refractivity contribution in [3.8, 4) is 10.8 Å². The smallest absolute Gasteiger partial charge is 0.267 e. The molecule has 2 atom stereocenters. The van der Waals surface area contributed by atoms with Gasteiger partial charge in [-0.2, -0.15) is 12.6 Å². The van der Waals surface area contributed by atoms with Crippen LogP contribution in [0.3, 0.4) is 0 Å². The van der Waals surface area contributed by atoms with Crippen molar-refractivity contribution < 1.29 is 9.59 Å². The molecule has 3 aromatic rings. The van der Waals surface area contributed by atoms with Crippen LogP contribution in [-0.4, -0.2) is 37.4 Å². The number of unbranched alkanes of at least 4 members (excludes halogenated alkanes) is 1. The fourth-order valence-electron chi connectivity index (χ4n) is 3.24. The number of anilines is 4. The van der Waals surface area contributed by atoms with Crippen LogP contribution in [0.25, 0.3) is 0 Å². The number of amides is 1. The first-order chi connectivity index (χ1) is 20.4. The summed E-state index contributed by atoms with van der Waals surface area (Å²) in [6, 6.07) is 7.04. The number of thiazole rings is 1. The first-order valence-corrected chi connectivity index (χ1v) is 16.4. The Hall–Kier alpha value is -2.40. The van der Waals surface area contributed by atoms with E-state index in [0.29, 0.717) is 44.6 Å². The van der Waals surface area contributed by atoms with Gasteiger partial charge >= 0.3 is 0 Å². The maximum Gasteiger partial charge on any atom is 0.267 e. The SMILES string of the molecule is CC(=O)CCCC(Cl)C#CBr.CCCCC(N)S.Cc1nc(N)cc(Nc2ncc(C(=O)Nc3c(C)cccc3Cl)s2)n1. The highest BCUT2D eigenvalue weighted by Gasteiger charge is 2.14. The van der Waals surface area contributed by atoms with E-state index < -0.39 is 0 Å². The van der Waals surface area contributed by atoms with Gasteiger partial charge in [0.2, 0.25) is 0 Å². The van der Waals surface area contributed by atoms with E-state index >= 15 is 0 Å². The van der Waals surface area contributed by atoms with E-state index in [9.17, 15) is 9.59 Å². The number of nitrogens with one attached hydrogen (secondary N) is 2. The maximum atomic E-state index is 12.4. The van der Waals surface area contributed by atoms with Crippen molar-refractivity contribution in [2.75, 3.05) is 16.4 Å². The molecule has 0 spiro atoms. The van der Waals surface area contributed by atoms with E-state index in [-0.39, 0.29) is 22.4 Å². The molecular formula is C29H38BrCl2N7O2S2. The number of para-hydroxylation sites is 1. The fraction of sp³-hybridized carbons (Fsp3) is 0.414. The molecule has 2 heterocycles. The van der Waals surface area contributed by atoms with Crippen molar-refractivity contribution >= 4 is 97.2 Å². The van der Waals surface area contributed by atoms with Gasteiger partial charge in [-0.15, -0.1) is 11.6 Å². The third kappa shape index (κ3) is 16.9. The summed E-state index contributed by atoms with van der Waals surface area (Å²) in [4.78, 5) is 38.3. The van der Waals surface area contributed by atoms with Gasteiger partial charge in [0, 0.05) is 33.8 Å². The van der Waals surface area contributed by atoms with Crippen LogP contribution in [-0.2, 0) is 4.79 Å². The molecular weight excluding hydrogens is 693 g/mol. The van der Waals surface area contributed by atoms with Gasteiger partial charge < -0.3 is 26.9 Å². The number of alkyl halides is 1. The zero-order valence-electron chi connectivity index (χ0n) is 24.6. The number of nitrogens with zero attached hydrogens (tertiary/aromatic N) is 3. The lowest BCUT2D eigenvalue weighted by Crippen LogP contribution is -2.11. The molecule has 0 aliphatic carbocycles. The molecule has 9 nitrogen and oxygen atoms in total. The average Bonchev–Trinajstić information content (AvgIpc) is 3.38. The lowest BCUT2D eigenvalue weighted by Gasteiger charge is -2.08. The van der Waals surface area contributed by atoms with Crippen molar-refractivity contribution in [3.05, 3.63) is 51.7 Å². The molecule has 2 unspecified atom stereocenters. The number of ketones is 1. The van der Waals surface area contributed by atoms with E-state index in [1.807, 2.05) is 19.1 Å². The number of benzene rings is 1. The molecule has 6 N–H and O–H groups in total. The first-order valence-electron chi connectivity index (χ1n) is 13.4. The number of Topliss-reactive ketones (excluding diaryl/α,β-unsaturated/α-hetero) is 1. The van der Waals surface area contributed by atoms with Crippen molar-refractivity contribution in [1.82, 2.24) is 15.0 Å². The number of nitrogens with two attached hydrogens (primary N) is 2. The number of hydrogen-bond acceptors (Lipinski definition) is 10. The normalized spacial score (nSPS) is 11.4. The minimum atomic E-state index is -0.278. The fourth-order valence-corrected chi connectivity index (χ4v) is 5.03. The highest BCUT2D eigenvalue weighted by Crippen LogP contribution is 2.28. The van der Waals surface area contributed by atoms with Crippen LogP contribution >= 0.6 is 63.1 Å². The Morgan fingerprint density at radius 1 is 1.21 bits per heavy atom. The van der Waals surface area contributed by atoms with Crippen LogP contribution in [0, 0.1) is 24.6 Å². The summed E-state index contributed by atoms with van der Waals surface area (Å²) in [5, 5.41) is 6.82. The Balaban J connectivity index is 0.000000426. The Kier molecular flexibility index (Phi) is 19.2. The zero-order valence-corrected chi connectivity index (χ0v) is 29.4. The van der Waals surface area contributed by atoms with Crippen molar-refractivity contribution in [1.29, 1.82) is 0 Å². The van der Waals surface area contributed by atoms with Crippen molar-refractivity contribution in [2.24, 2.45) is 5.73 Å². The molecule has 234 valence electrons. The van der Waals surface area contributed by atoms with Gasteiger partial charge in [0.1, 0.15) is 28.1 Å². The number of nitrogen functional groups attached to an aromatic ring is 1. The van der Waals surface area contributed by atoms with Crippen LogP contribution in [0.15, 0.2) is 30.5 Å². The molecule has 3 rings (SSSR count). The molecule has 1 amide bonds. The molecule has 0 bridgehead atoms. The molecule has 0 aliphatic heterocycles. The monoisotopic (exact) mass is 729 g/mol. The summed E-state index contributed by atoms with van der Waals surface area (Å²) >= 11 is 20.1. The van der Waals surface area contributed by atoms with Crippen molar-refractivity contribution in [3.63, 3.8) is 0 Å². The van der Waals surface area contributed by atoms with Gasteiger partial charge in [-0.05, 0) is 56.5 Å². The highest BCUT2D eigenvalue weighted by atomic mass is 79.9. The second-order valence-electron chi connectivity index (χ2n) is 9.28. The topological polar surface area (TPSA) is 149 Å². The minimum Gasteiger partial charge on any atom is -0.384 e. The summed E-state index contributed by atoms with van der Waals surface area (Å²) in [6.07, 6.45) is 7.16. The van der Waals surface area contributed by atoms with Gasteiger partial charge in [0.15, 0.2) is 5.13 Å². The number of rotatable bonds is 11. The summed E-state index contributed by atoms with van der Waals surface area (Å²) < 4.78 is 0. The van der Waals surface area contributed by atoms with E-state index in [4.69, 9.17) is 34.7 Å². The first kappa shape index (κ1) is 38.6. The van der Waals surface area contributed by atoms with E-state index in [0.717, 1.165) is 24.8 Å². The Morgan fingerprint density at radius 3 is 2.49 bits per heavy atom. The van der Waals surface area contributed by atoms with Gasteiger partial charge in [-0.3, -0.25) is 4.79 Å². The van der Waals surface area contributed by atoms with Gasteiger partial charge in [-0.25, -0.2) is 15.0 Å². The second kappa shape index (κ2) is 21.3. The third-order valence-corrected chi connectivity index (χ3v) is 7.37. The number of carbonyl (C=O) groups is 2. The summed E-state index contributed by atoms with van der Waals surface area (Å²) in [5.41, 5.74) is 12.5. The number of carbonyl (C=O) groups excluding carboxylic acids is 2. The quantitative estimate of drug-likeness (QED) is 0.0579. The number of thiol groups is 1. The molecule has 0 saturated carbocycles. The Bertz CT molecular complexity index is 1340. The molecule has 2 aromatic heterocycles. The van der Waals surface area contributed by atoms with Gasteiger partial charge in [0.25, 0.3) is 5.91 Å². The highest BCUT2D eigenvalue weighted by molar-refractivity contribution is 9.12. The van der Waals surface area contributed by atoms with Crippen LogP contribution in [0.1, 0.15) is 73.4 Å². The molecule has 14 heteroatoms. The molecule has 0 saturated heterocycles. The largest absolute Gasteiger partial charge is 0.384 e. The number of hydrogen-bond donors (Lipinski definition) is 5. The van der Waals surface area contributed by atoms with Crippen LogP contribution < -0.4 is 22.1 Å². The molecule has 0 aliphatic rings. The number of aromatic nitrogens is 3. The predicted octanol–water partition coefficient (Wildman–Crippen LogP) is 7.88. The summed E-state index contributed by atoms with van der Waals surface area (Å²) in [5.74, 6) is 4.10. The standard InChI is InChI=1S/C16H15ClN6OS.C8H10BrClO.C5H13NS/c1-8-4-3-5-10(17)14(8)23-15(24)11-7-19-16(25-11)22-13-6-12(18)20-9(2)21-13;1-7(11)3-2-4-8(10)5-6-9;1-2-3-4-5(6)7/h3-7H,1-2H3,(H,23,24)(H3,18,19,20,21,22);8H,2-4H2,1H3;5,7H,2-4,6H2,1H3. The molecule has 43 heavy (non-hydrogen) atoms. The number of aryl methyl sites for hydroxylation is 2. The van der Waals surface area contributed by atoms with Crippen molar-refractivity contribution in [2.45, 2.75) is 77.0 Å². The van der Waals surface area contributed by atoms with Gasteiger partial charge in [0.05, 0.1) is 22.3 Å². The molecule has 1 aromatic carbocycles. The zero-order chi connectivity index (χ0) is 32.4. The minimum absolute atomic E-state index is 0.0972. The summed E-state index contributed by atoms with van der Waals surface area (Å²) in [7, 11) is 0. The lowest BCUT2D eigenvalue weighted by atomic mass is 10.1.